The smallest absolute Gasteiger partial charge is 0.306 e. The first-order chi connectivity index (χ1) is 13.4. The Kier molecular flexibility index (Phi) is 8.31. The SMILES string of the molecule is CSc1ccccc1NC(=O)COC(=O)CCC(=O)N1CCN(C(C)=O)CC1. The fourth-order valence-electron chi connectivity index (χ4n) is 2.79. The van der Waals surface area contributed by atoms with Crippen LogP contribution >= 0.6 is 11.8 Å². The molecule has 1 aliphatic heterocycles. The van der Waals surface area contributed by atoms with Gasteiger partial charge in [0.05, 0.1) is 12.1 Å². The van der Waals surface area contributed by atoms with Gasteiger partial charge in [0.25, 0.3) is 5.91 Å². The zero-order valence-corrected chi connectivity index (χ0v) is 16.9. The van der Waals surface area contributed by atoms with E-state index in [-0.39, 0.29) is 24.7 Å². The van der Waals surface area contributed by atoms with Gasteiger partial charge in [-0.15, -0.1) is 11.8 Å². The monoisotopic (exact) mass is 407 g/mol. The van der Waals surface area contributed by atoms with Crippen LogP contribution in [0.15, 0.2) is 29.2 Å². The van der Waals surface area contributed by atoms with Crippen LogP contribution in [0, 0.1) is 0 Å². The highest BCUT2D eigenvalue weighted by Crippen LogP contribution is 2.24. The molecule has 1 aromatic rings. The van der Waals surface area contributed by atoms with E-state index in [1.807, 2.05) is 24.5 Å². The number of amides is 3. The molecule has 9 heteroatoms. The molecule has 1 saturated heterocycles. The van der Waals surface area contributed by atoms with Crippen LogP contribution in [-0.4, -0.2) is 72.5 Å². The molecule has 1 aliphatic rings. The molecule has 152 valence electrons. The molecule has 3 amide bonds. The van der Waals surface area contributed by atoms with Crippen LogP contribution in [0.5, 0.6) is 0 Å². The van der Waals surface area contributed by atoms with Crippen molar-refractivity contribution < 1.29 is 23.9 Å². The topological polar surface area (TPSA) is 96.0 Å². The number of carbonyl (C=O) groups is 4. The largest absolute Gasteiger partial charge is 0.456 e. The highest BCUT2D eigenvalue weighted by atomic mass is 32.2. The van der Waals surface area contributed by atoms with E-state index in [1.165, 1.54) is 18.7 Å². The van der Waals surface area contributed by atoms with Gasteiger partial charge >= 0.3 is 5.97 Å². The summed E-state index contributed by atoms with van der Waals surface area (Å²) in [5.74, 6) is -1.18. The maximum atomic E-state index is 12.2. The molecule has 1 N–H and O–H groups in total. The lowest BCUT2D eigenvalue weighted by Crippen LogP contribution is -2.50. The zero-order valence-electron chi connectivity index (χ0n) is 16.1. The molecule has 28 heavy (non-hydrogen) atoms. The van der Waals surface area contributed by atoms with Crippen molar-refractivity contribution in [3.8, 4) is 0 Å². The number of para-hydroxylation sites is 1. The number of nitrogens with one attached hydrogen (secondary N) is 1. The predicted molar refractivity (Wildman–Crippen MR) is 106 cm³/mol. The number of ether oxygens (including phenoxy) is 1. The average molecular weight is 407 g/mol. The lowest BCUT2D eigenvalue weighted by atomic mass is 10.2. The Bertz CT molecular complexity index is 732. The Hall–Kier alpha value is -2.55. The Morgan fingerprint density at radius 3 is 2.32 bits per heavy atom. The minimum Gasteiger partial charge on any atom is -0.456 e. The van der Waals surface area contributed by atoms with Crippen molar-refractivity contribution in [2.75, 3.05) is 44.4 Å². The van der Waals surface area contributed by atoms with Gasteiger partial charge in [0, 0.05) is 44.4 Å². The van der Waals surface area contributed by atoms with Crippen LogP contribution < -0.4 is 5.32 Å². The summed E-state index contributed by atoms with van der Waals surface area (Å²) in [6.45, 7) is 3.04. The number of carbonyl (C=O) groups excluding carboxylic acids is 4. The maximum absolute atomic E-state index is 12.2. The third kappa shape index (κ3) is 6.56. The standard InChI is InChI=1S/C19H25N3O5S/c1-14(23)21-9-11-22(12-10-21)18(25)7-8-19(26)27-13-17(24)20-15-5-3-4-6-16(15)28-2/h3-6H,7-13H2,1-2H3,(H,20,24). The lowest BCUT2D eigenvalue weighted by Gasteiger charge is -2.34. The van der Waals surface area contributed by atoms with E-state index in [0.717, 1.165) is 4.90 Å². The summed E-state index contributed by atoms with van der Waals surface area (Å²) in [5, 5.41) is 2.70. The van der Waals surface area contributed by atoms with Crippen molar-refractivity contribution in [1.29, 1.82) is 0 Å². The van der Waals surface area contributed by atoms with Gasteiger partial charge in [-0.05, 0) is 18.4 Å². The molecule has 0 unspecified atom stereocenters. The molecule has 1 aromatic carbocycles. The molecule has 2 rings (SSSR count). The summed E-state index contributed by atoms with van der Waals surface area (Å²) in [6, 6.07) is 7.34. The van der Waals surface area contributed by atoms with Gasteiger partial charge in [-0.25, -0.2) is 0 Å². The molecule has 1 fully saturated rings. The van der Waals surface area contributed by atoms with E-state index in [4.69, 9.17) is 4.74 Å². The second kappa shape index (κ2) is 10.7. The number of hydrogen-bond acceptors (Lipinski definition) is 6. The number of nitrogens with zero attached hydrogens (tertiary/aromatic N) is 2. The number of rotatable bonds is 7. The van der Waals surface area contributed by atoms with Crippen molar-refractivity contribution in [3.63, 3.8) is 0 Å². The summed E-state index contributed by atoms with van der Waals surface area (Å²) in [4.78, 5) is 51.5. The minimum atomic E-state index is -0.593. The molecule has 0 aliphatic carbocycles. The van der Waals surface area contributed by atoms with E-state index in [0.29, 0.717) is 31.9 Å². The number of benzene rings is 1. The molecule has 1 heterocycles. The average Bonchev–Trinajstić information content (AvgIpc) is 2.70. The molecular formula is C19H25N3O5S. The molecule has 0 bridgehead atoms. The van der Waals surface area contributed by atoms with Crippen LogP contribution in [0.2, 0.25) is 0 Å². The van der Waals surface area contributed by atoms with Crippen molar-refractivity contribution in [3.05, 3.63) is 24.3 Å². The highest BCUT2D eigenvalue weighted by Gasteiger charge is 2.22. The second-order valence-corrected chi connectivity index (χ2v) is 7.14. The van der Waals surface area contributed by atoms with Gasteiger partial charge in [0.15, 0.2) is 6.61 Å². The van der Waals surface area contributed by atoms with Crippen LogP contribution in [-0.2, 0) is 23.9 Å². The van der Waals surface area contributed by atoms with Gasteiger partial charge in [-0.2, -0.15) is 0 Å². The van der Waals surface area contributed by atoms with E-state index in [2.05, 4.69) is 5.32 Å². The molecule has 8 nitrogen and oxygen atoms in total. The predicted octanol–water partition coefficient (Wildman–Crippen LogP) is 1.36. The van der Waals surface area contributed by atoms with Crippen LogP contribution in [0.3, 0.4) is 0 Å². The quantitative estimate of drug-likeness (QED) is 0.542. The van der Waals surface area contributed by atoms with E-state index in [1.54, 1.807) is 15.9 Å². The molecule has 0 atom stereocenters. The first-order valence-electron chi connectivity index (χ1n) is 9.02. The van der Waals surface area contributed by atoms with Gasteiger partial charge in [0.1, 0.15) is 0 Å². The Morgan fingerprint density at radius 1 is 1.04 bits per heavy atom. The minimum absolute atomic E-state index is 0.00546. The molecule has 0 radical (unpaired) electrons. The van der Waals surface area contributed by atoms with Gasteiger partial charge in [0.2, 0.25) is 11.8 Å². The molecule has 0 saturated carbocycles. The molecule has 0 aromatic heterocycles. The molecule has 0 spiro atoms. The number of esters is 1. The third-order valence-corrected chi connectivity index (χ3v) is 5.16. The fraction of sp³-hybridized carbons (Fsp3) is 0.474. The fourth-order valence-corrected chi connectivity index (χ4v) is 3.34. The van der Waals surface area contributed by atoms with Gasteiger partial charge < -0.3 is 19.9 Å². The number of anilines is 1. The number of hydrogen-bond donors (Lipinski definition) is 1. The normalized spacial score (nSPS) is 13.8. The summed E-state index contributed by atoms with van der Waals surface area (Å²) >= 11 is 1.50. The van der Waals surface area contributed by atoms with Gasteiger partial charge in [-0.3, -0.25) is 19.2 Å². The zero-order chi connectivity index (χ0) is 20.5. The summed E-state index contributed by atoms with van der Waals surface area (Å²) in [6.07, 6.45) is 1.85. The van der Waals surface area contributed by atoms with Crippen molar-refractivity contribution in [2.45, 2.75) is 24.7 Å². The lowest BCUT2D eigenvalue weighted by molar-refractivity contribution is -0.149. The second-order valence-electron chi connectivity index (χ2n) is 6.30. The van der Waals surface area contributed by atoms with Crippen LogP contribution in [0.25, 0.3) is 0 Å². The summed E-state index contributed by atoms with van der Waals surface area (Å²) in [7, 11) is 0. The van der Waals surface area contributed by atoms with Gasteiger partial charge in [-0.1, -0.05) is 12.1 Å². The van der Waals surface area contributed by atoms with Crippen molar-refractivity contribution in [1.82, 2.24) is 9.80 Å². The Labute approximate surface area is 168 Å². The van der Waals surface area contributed by atoms with Crippen LogP contribution in [0.4, 0.5) is 5.69 Å². The van der Waals surface area contributed by atoms with E-state index >= 15 is 0 Å². The van der Waals surface area contributed by atoms with E-state index in [9.17, 15) is 19.2 Å². The Balaban J connectivity index is 1.67. The first kappa shape index (κ1) is 21.7. The maximum Gasteiger partial charge on any atom is 0.306 e. The molecular weight excluding hydrogens is 382 g/mol. The third-order valence-electron chi connectivity index (χ3n) is 4.37. The summed E-state index contributed by atoms with van der Waals surface area (Å²) < 4.78 is 4.95. The number of piperazine rings is 1. The number of thioether (sulfide) groups is 1. The van der Waals surface area contributed by atoms with Crippen molar-refractivity contribution in [2.24, 2.45) is 0 Å². The van der Waals surface area contributed by atoms with Crippen molar-refractivity contribution >= 4 is 41.1 Å². The summed E-state index contributed by atoms with van der Waals surface area (Å²) in [5.41, 5.74) is 0.663. The van der Waals surface area contributed by atoms with Crippen LogP contribution in [0.1, 0.15) is 19.8 Å². The highest BCUT2D eigenvalue weighted by molar-refractivity contribution is 7.98. The Morgan fingerprint density at radius 2 is 1.68 bits per heavy atom. The van der Waals surface area contributed by atoms with E-state index < -0.39 is 18.5 Å². The first-order valence-corrected chi connectivity index (χ1v) is 10.2.